The monoisotopic (exact) mass is 514 g/mol. The van der Waals surface area contributed by atoms with Crippen LogP contribution in [0, 0.1) is 11.8 Å². The van der Waals surface area contributed by atoms with Gasteiger partial charge in [0.05, 0.1) is 10.0 Å². The second-order valence-electron chi connectivity index (χ2n) is 10.2. The van der Waals surface area contributed by atoms with Crippen LogP contribution in [0.4, 0.5) is 4.79 Å². The van der Waals surface area contributed by atoms with Gasteiger partial charge in [0.15, 0.2) is 0 Å². The van der Waals surface area contributed by atoms with Crippen molar-refractivity contribution >= 4 is 35.2 Å². The number of hydrogen-bond acceptors (Lipinski definition) is 3. The molecule has 7 heteroatoms. The summed E-state index contributed by atoms with van der Waals surface area (Å²) in [6.07, 6.45) is 6.59. The lowest BCUT2D eigenvalue weighted by molar-refractivity contribution is -0.141. The van der Waals surface area contributed by atoms with Crippen molar-refractivity contribution in [2.75, 3.05) is 6.54 Å². The van der Waals surface area contributed by atoms with Crippen LogP contribution in [-0.2, 0) is 22.5 Å². The van der Waals surface area contributed by atoms with Crippen LogP contribution in [0.1, 0.15) is 56.1 Å². The van der Waals surface area contributed by atoms with Gasteiger partial charge in [-0.2, -0.15) is 0 Å². The summed E-state index contributed by atoms with van der Waals surface area (Å²) in [5, 5.41) is 3.83. The molecule has 0 aromatic heterocycles. The molecule has 0 unspecified atom stereocenters. The molecular weight excluding hydrogens is 483 g/mol. The first kappa shape index (κ1) is 24.5. The number of amides is 2. The number of nitrogens with zero attached hydrogens (tertiary/aromatic N) is 1. The highest BCUT2D eigenvalue weighted by Crippen LogP contribution is 2.53. The van der Waals surface area contributed by atoms with Gasteiger partial charge in [-0.05, 0) is 74.1 Å². The number of rotatable bonds is 5. The highest BCUT2D eigenvalue weighted by Gasteiger charge is 2.56. The summed E-state index contributed by atoms with van der Waals surface area (Å²) in [5.41, 5.74) is 2.03. The van der Waals surface area contributed by atoms with Gasteiger partial charge in [0.2, 0.25) is 5.91 Å². The van der Waals surface area contributed by atoms with Crippen LogP contribution in [-0.4, -0.2) is 35.1 Å². The fourth-order valence-electron chi connectivity index (χ4n) is 6.77. The quantitative estimate of drug-likeness (QED) is 0.501. The van der Waals surface area contributed by atoms with Gasteiger partial charge in [-0.1, -0.05) is 59.6 Å². The molecule has 3 fully saturated rings. The standard InChI is InChI=1S/C28H32Cl2N2O3/c29-23-11-10-20(17-24(23)30)18-31-27(34)35-25-12-14-28-13-5-15-32(28)26(33)9-4-8-22(28)21(25)16-19-6-2-1-3-7-19/h1-3,6-7,10-11,17,21-22,25H,4-5,8-9,12-16,18H2,(H,31,34)/t21-,22+,25+,28-/m1/s1. The van der Waals surface area contributed by atoms with Gasteiger partial charge in [-0.3, -0.25) is 4.79 Å². The molecule has 5 nitrogen and oxygen atoms in total. The summed E-state index contributed by atoms with van der Waals surface area (Å²) in [4.78, 5) is 28.0. The zero-order valence-corrected chi connectivity index (χ0v) is 21.4. The van der Waals surface area contributed by atoms with Crippen LogP contribution in [0.2, 0.25) is 10.0 Å². The first-order valence-electron chi connectivity index (χ1n) is 12.7. The Hall–Kier alpha value is -2.24. The van der Waals surface area contributed by atoms with Crippen molar-refractivity contribution in [1.29, 1.82) is 0 Å². The Morgan fingerprint density at radius 3 is 2.66 bits per heavy atom. The number of ether oxygens (including phenoxy) is 1. The smallest absolute Gasteiger partial charge is 0.407 e. The van der Waals surface area contributed by atoms with Gasteiger partial charge in [-0.25, -0.2) is 4.79 Å². The van der Waals surface area contributed by atoms with Gasteiger partial charge in [-0.15, -0.1) is 0 Å². The third-order valence-corrected chi connectivity index (χ3v) is 9.01. The molecule has 3 aliphatic rings. The number of halogens is 2. The van der Waals surface area contributed by atoms with Crippen LogP contribution < -0.4 is 5.32 Å². The maximum atomic E-state index is 12.9. The highest BCUT2D eigenvalue weighted by molar-refractivity contribution is 6.42. The summed E-state index contributed by atoms with van der Waals surface area (Å²) < 4.78 is 6.10. The van der Waals surface area contributed by atoms with E-state index in [1.165, 1.54) is 5.56 Å². The summed E-state index contributed by atoms with van der Waals surface area (Å²) in [7, 11) is 0. The van der Waals surface area contributed by atoms with Crippen molar-refractivity contribution in [1.82, 2.24) is 10.2 Å². The van der Waals surface area contributed by atoms with Crippen molar-refractivity contribution < 1.29 is 14.3 Å². The first-order chi connectivity index (χ1) is 17.0. The lowest BCUT2D eigenvalue weighted by Gasteiger charge is -2.52. The molecule has 2 aliphatic heterocycles. The first-order valence-corrected chi connectivity index (χ1v) is 13.4. The molecule has 1 saturated carbocycles. The van der Waals surface area contributed by atoms with Crippen molar-refractivity contribution in [3.8, 4) is 0 Å². The van der Waals surface area contributed by atoms with Crippen molar-refractivity contribution in [3.05, 3.63) is 69.7 Å². The van der Waals surface area contributed by atoms with E-state index < -0.39 is 6.09 Å². The lowest BCUT2D eigenvalue weighted by Crippen LogP contribution is -2.58. The van der Waals surface area contributed by atoms with Crippen LogP contribution in [0.3, 0.4) is 0 Å². The van der Waals surface area contributed by atoms with Gasteiger partial charge in [0.25, 0.3) is 0 Å². The molecule has 5 rings (SSSR count). The Morgan fingerprint density at radius 1 is 1.03 bits per heavy atom. The summed E-state index contributed by atoms with van der Waals surface area (Å²) in [5.74, 6) is 0.814. The Kier molecular flexibility index (Phi) is 7.26. The van der Waals surface area contributed by atoms with Crippen molar-refractivity contribution in [3.63, 3.8) is 0 Å². The summed E-state index contributed by atoms with van der Waals surface area (Å²) in [6, 6.07) is 15.8. The SMILES string of the molecule is O=C(NCc1ccc(Cl)c(Cl)c1)O[C@H]1CC[C@@]23CCCN2C(=O)CCC[C@H]3[C@H]1Cc1ccccc1. The van der Waals surface area contributed by atoms with E-state index in [4.69, 9.17) is 27.9 Å². The third-order valence-electron chi connectivity index (χ3n) is 8.28. The molecule has 1 spiro atoms. The lowest BCUT2D eigenvalue weighted by atomic mass is 9.62. The van der Waals surface area contributed by atoms with E-state index in [1.54, 1.807) is 12.1 Å². The van der Waals surface area contributed by atoms with Crippen LogP contribution in [0.15, 0.2) is 48.5 Å². The fraction of sp³-hybridized carbons (Fsp3) is 0.500. The van der Waals surface area contributed by atoms with Gasteiger partial charge in [0.1, 0.15) is 6.10 Å². The fourth-order valence-corrected chi connectivity index (χ4v) is 7.09. The largest absolute Gasteiger partial charge is 0.446 e. The average Bonchev–Trinajstić information content (AvgIpc) is 3.22. The van der Waals surface area contributed by atoms with E-state index in [0.29, 0.717) is 34.8 Å². The maximum Gasteiger partial charge on any atom is 0.407 e. The van der Waals surface area contributed by atoms with E-state index in [0.717, 1.165) is 57.1 Å². The van der Waals surface area contributed by atoms with Crippen LogP contribution in [0.5, 0.6) is 0 Å². The Morgan fingerprint density at radius 2 is 1.86 bits per heavy atom. The predicted octanol–water partition coefficient (Wildman–Crippen LogP) is 6.40. The minimum absolute atomic E-state index is 0.0799. The molecule has 35 heavy (non-hydrogen) atoms. The number of alkyl carbamates (subject to hydrolysis) is 1. The number of carbonyl (C=O) groups is 2. The molecule has 2 amide bonds. The molecule has 0 radical (unpaired) electrons. The molecular formula is C28H32Cl2N2O3. The molecule has 1 N–H and O–H groups in total. The average molecular weight is 515 g/mol. The topological polar surface area (TPSA) is 58.6 Å². The zero-order valence-electron chi connectivity index (χ0n) is 19.8. The van der Waals surface area contributed by atoms with E-state index >= 15 is 0 Å². The van der Waals surface area contributed by atoms with Crippen LogP contribution in [0.25, 0.3) is 0 Å². The Bertz CT molecular complexity index is 1080. The van der Waals surface area contributed by atoms with E-state index in [2.05, 4.69) is 34.5 Å². The second-order valence-corrected chi connectivity index (χ2v) is 11.0. The van der Waals surface area contributed by atoms with E-state index in [9.17, 15) is 9.59 Å². The number of benzene rings is 2. The highest BCUT2D eigenvalue weighted by atomic mass is 35.5. The molecule has 4 atom stereocenters. The predicted molar refractivity (Wildman–Crippen MR) is 137 cm³/mol. The molecule has 2 saturated heterocycles. The number of carbonyl (C=O) groups excluding carboxylic acids is 2. The molecule has 2 heterocycles. The Labute approximate surface area is 217 Å². The molecule has 2 aromatic rings. The second kappa shape index (κ2) is 10.4. The van der Waals surface area contributed by atoms with Crippen molar-refractivity contribution in [2.45, 2.75) is 69.6 Å². The number of nitrogens with one attached hydrogen (secondary N) is 1. The normalized spacial score (nSPS) is 28.1. The Balaban J connectivity index is 1.34. The zero-order chi connectivity index (χ0) is 24.4. The third kappa shape index (κ3) is 5.03. The molecule has 0 bridgehead atoms. The van der Waals surface area contributed by atoms with E-state index in [-0.39, 0.29) is 17.6 Å². The minimum atomic E-state index is -0.414. The van der Waals surface area contributed by atoms with Crippen LogP contribution >= 0.6 is 23.2 Å². The van der Waals surface area contributed by atoms with Gasteiger partial charge >= 0.3 is 6.09 Å². The van der Waals surface area contributed by atoms with Gasteiger partial charge < -0.3 is 15.0 Å². The molecule has 186 valence electrons. The summed E-state index contributed by atoms with van der Waals surface area (Å²) in [6.45, 7) is 1.19. The minimum Gasteiger partial charge on any atom is -0.446 e. The number of hydrogen-bond donors (Lipinski definition) is 1. The summed E-state index contributed by atoms with van der Waals surface area (Å²) >= 11 is 12.1. The van der Waals surface area contributed by atoms with Gasteiger partial charge in [0, 0.05) is 31.0 Å². The molecule has 2 aromatic carbocycles. The van der Waals surface area contributed by atoms with Crippen molar-refractivity contribution in [2.24, 2.45) is 11.8 Å². The maximum absolute atomic E-state index is 12.9. The van der Waals surface area contributed by atoms with E-state index in [1.807, 2.05) is 12.1 Å². The molecule has 1 aliphatic carbocycles.